The van der Waals surface area contributed by atoms with Crippen molar-refractivity contribution in [1.29, 1.82) is 0 Å². The van der Waals surface area contributed by atoms with Crippen LogP contribution in [0.4, 0.5) is 0 Å². The molecule has 0 aromatic carbocycles. The zero-order chi connectivity index (χ0) is 10.7. The first-order valence-corrected chi connectivity index (χ1v) is 5.21. The van der Waals surface area contributed by atoms with Crippen molar-refractivity contribution in [2.24, 2.45) is 17.8 Å². The highest BCUT2D eigenvalue weighted by molar-refractivity contribution is 5.86. The average Bonchev–Trinajstić information content (AvgIpc) is 2.20. The van der Waals surface area contributed by atoms with Gasteiger partial charge in [-0.2, -0.15) is 0 Å². The van der Waals surface area contributed by atoms with Crippen molar-refractivity contribution in [2.45, 2.75) is 33.1 Å². The molecule has 3 nitrogen and oxygen atoms in total. The zero-order valence-corrected chi connectivity index (χ0v) is 9.08. The maximum Gasteiger partial charge on any atom is 0.308 e. The number of hydrogen-bond acceptors (Lipinski definition) is 3. The number of esters is 1. The predicted molar refractivity (Wildman–Crippen MR) is 52.7 cm³/mol. The summed E-state index contributed by atoms with van der Waals surface area (Å²) in [6, 6.07) is 0. The summed E-state index contributed by atoms with van der Waals surface area (Å²) < 4.78 is 4.72. The molecule has 0 aromatic rings. The van der Waals surface area contributed by atoms with Crippen LogP contribution in [0, 0.1) is 17.8 Å². The lowest BCUT2D eigenvalue weighted by Gasteiger charge is -2.29. The number of carbonyl (C=O) groups excluding carboxylic acids is 2. The molecule has 3 atom stereocenters. The molecular formula is C11H18O3. The Kier molecular flexibility index (Phi) is 3.67. The van der Waals surface area contributed by atoms with Crippen molar-refractivity contribution >= 4 is 11.8 Å². The van der Waals surface area contributed by atoms with E-state index < -0.39 is 0 Å². The van der Waals surface area contributed by atoms with Crippen molar-refractivity contribution in [2.75, 3.05) is 7.11 Å². The third-order valence-electron chi connectivity index (χ3n) is 3.12. The number of ether oxygens (including phenoxy) is 1. The number of Topliss-reactive ketones (excluding diaryl/α,β-unsaturated/α-hetero) is 1. The summed E-state index contributed by atoms with van der Waals surface area (Å²) in [7, 11) is 1.41. The summed E-state index contributed by atoms with van der Waals surface area (Å²) in [4.78, 5) is 23.0. The Morgan fingerprint density at radius 3 is 2.64 bits per heavy atom. The Morgan fingerprint density at radius 2 is 2.14 bits per heavy atom. The van der Waals surface area contributed by atoms with Gasteiger partial charge >= 0.3 is 5.97 Å². The second-order valence-corrected chi connectivity index (χ2v) is 4.10. The first kappa shape index (κ1) is 11.2. The van der Waals surface area contributed by atoms with E-state index in [9.17, 15) is 9.59 Å². The van der Waals surface area contributed by atoms with Crippen molar-refractivity contribution in [3.05, 3.63) is 0 Å². The zero-order valence-electron chi connectivity index (χ0n) is 9.08. The molecular weight excluding hydrogens is 180 g/mol. The molecule has 0 heterocycles. The molecule has 0 aliphatic heterocycles. The van der Waals surface area contributed by atoms with E-state index in [4.69, 9.17) is 4.74 Å². The Labute approximate surface area is 84.8 Å². The Balaban J connectivity index is 2.67. The monoisotopic (exact) mass is 198 g/mol. The van der Waals surface area contributed by atoms with Crippen molar-refractivity contribution in [1.82, 2.24) is 0 Å². The van der Waals surface area contributed by atoms with Gasteiger partial charge in [-0.05, 0) is 19.3 Å². The smallest absolute Gasteiger partial charge is 0.308 e. The third-order valence-corrected chi connectivity index (χ3v) is 3.12. The van der Waals surface area contributed by atoms with Gasteiger partial charge in [0, 0.05) is 11.8 Å². The highest BCUT2D eigenvalue weighted by Crippen LogP contribution is 2.32. The van der Waals surface area contributed by atoms with E-state index in [-0.39, 0.29) is 23.7 Å². The second kappa shape index (κ2) is 4.58. The van der Waals surface area contributed by atoms with Gasteiger partial charge in [-0.15, -0.1) is 0 Å². The largest absolute Gasteiger partial charge is 0.469 e. The highest BCUT2D eigenvalue weighted by atomic mass is 16.5. The summed E-state index contributed by atoms with van der Waals surface area (Å²) >= 11 is 0. The fraction of sp³-hybridized carbons (Fsp3) is 0.818. The second-order valence-electron chi connectivity index (χ2n) is 4.10. The van der Waals surface area contributed by atoms with E-state index in [0.717, 1.165) is 6.42 Å². The topological polar surface area (TPSA) is 43.4 Å². The molecule has 0 aromatic heterocycles. The van der Waals surface area contributed by atoms with Crippen LogP contribution >= 0.6 is 0 Å². The van der Waals surface area contributed by atoms with Gasteiger partial charge in [0.2, 0.25) is 0 Å². The fourth-order valence-corrected chi connectivity index (χ4v) is 2.23. The molecule has 14 heavy (non-hydrogen) atoms. The minimum absolute atomic E-state index is 0.0119. The van der Waals surface area contributed by atoms with Gasteiger partial charge < -0.3 is 4.74 Å². The number of methoxy groups -OCH3 is 1. The van der Waals surface area contributed by atoms with Crippen LogP contribution in [-0.4, -0.2) is 18.9 Å². The van der Waals surface area contributed by atoms with Gasteiger partial charge in [-0.3, -0.25) is 9.59 Å². The molecule has 1 saturated carbocycles. The number of carbonyl (C=O) groups is 2. The quantitative estimate of drug-likeness (QED) is 0.635. The first-order chi connectivity index (χ1) is 6.60. The molecule has 80 valence electrons. The number of hydrogen-bond donors (Lipinski definition) is 0. The van der Waals surface area contributed by atoms with E-state index in [2.05, 4.69) is 0 Å². The standard InChI is InChI=1S/C11H18O3/c1-4-8-6-9(11(13)14-3)5-7(2)10(8)12/h7-9H,4-6H2,1-3H3. The van der Waals surface area contributed by atoms with E-state index in [1.165, 1.54) is 7.11 Å². The van der Waals surface area contributed by atoms with Crippen LogP contribution in [0.15, 0.2) is 0 Å². The van der Waals surface area contributed by atoms with Crippen LogP contribution in [0.5, 0.6) is 0 Å². The van der Waals surface area contributed by atoms with Gasteiger partial charge in [0.25, 0.3) is 0 Å². The summed E-state index contributed by atoms with van der Waals surface area (Å²) in [6.45, 7) is 3.90. The first-order valence-electron chi connectivity index (χ1n) is 5.21. The van der Waals surface area contributed by atoms with Crippen LogP contribution in [0.2, 0.25) is 0 Å². The summed E-state index contributed by atoms with van der Waals surface area (Å²) in [5.74, 6) is 0.147. The van der Waals surface area contributed by atoms with E-state index in [0.29, 0.717) is 18.6 Å². The van der Waals surface area contributed by atoms with E-state index in [1.807, 2.05) is 13.8 Å². The Bertz CT molecular complexity index is 235. The molecule has 0 radical (unpaired) electrons. The van der Waals surface area contributed by atoms with Crippen molar-refractivity contribution in [3.8, 4) is 0 Å². The van der Waals surface area contributed by atoms with E-state index >= 15 is 0 Å². The normalized spacial score (nSPS) is 32.8. The maximum absolute atomic E-state index is 11.7. The molecule has 1 aliphatic rings. The molecule has 0 N–H and O–H groups in total. The maximum atomic E-state index is 11.7. The van der Waals surface area contributed by atoms with Crippen LogP contribution in [0.3, 0.4) is 0 Å². The number of ketones is 1. The molecule has 3 unspecified atom stereocenters. The van der Waals surface area contributed by atoms with Crippen molar-refractivity contribution in [3.63, 3.8) is 0 Å². The highest BCUT2D eigenvalue weighted by Gasteiger charge is 2.36. The van der Waals surface area contributed by atoms with Crippen LogP contribution in [0.25, 0.3) is 0 Å². The summed E-state index contributed by atoms with van der Waals surface area (Å²) in [5, 5.41) is 0. The minimum Gasteiger partial charge on any atom is -0.469 e. The summed E-state index contributed by atoms with van der Waals surface area (Å²) in [6.07, 6.45) is 2.16. The molecule has 1 aliphatic carbocycles. The molecule has 1 rings (SSSR count). The third kappa shape index (κ3) is 2.14. The lowest BCUT2D eigenvalue weighted by molar-refractivity contribution is -0.149. The molecule has 0 saturated heterocycles. The van der Waals surface area contributed by atoms with Crippen LogP contribution < -0.4 is 0 Å². The molecule has 0 bridgehead atoms. The van der Waals surface area contributed by atoms with Crippen LogP contribution in [0.1, 0.15) is 33.1 Å². The van der Waals surface area contributed by atoms with Crippen molar-refractivity contribution < 1.29 is 14.3 Å². The Morgan fingerprint density at radius 1 is 1.50 bits per heavy atom. The van der Waals surface area contributed by atoms with Gasteiger partial charge in [-0.1, -0.05) is 13.8 Å². The fourth-order valence-electron chi connectivity index (χ4n) is 2.23. The number of rotatable bonds is 2. The molecule has 1 fully saturated rings. The van der Waals surface area contributed by atoms with Gasteiger partial charge in [0.05, 0.1) is 13.0 Å². The predicted octanol–water partition coefficient (Wildman–Crippen LogP) is 1.80. The Hall–Kier alpha value is -0.860. The minimum atomic E-state index is -0.164. The average molecular weight is 198 g/mol. The van der Waals surface area contributed by atoms with Gasteiger partial charge in [-0.25, -0.2) is 0 Å². The lowest BCUT2D eigenvalue weighted by Crippen LogP contribution is -2.35. The van der Waals surface area contributed by atoms with Gasteiger partial charge in [0.1, 0.15) is 5.78 Å². The lowest BCUT2D eigenvalue weighted by atomic mass is 9.74. The molecule has 0 amide bonds. The van der Waals surface area contributed by atoms with Crippen LogP contribution in [-0.2, 0) is 14.3 Å². The van der Waals surface area contributed by atoms with Gasteiger partial charge in [0.15, 0.2) is 0 Å². The molecule has 3 heteroatoms. The SMILES string of the molecule is CCC1CC(C(=O)OC)CC(C)C1=O. The van der Waals surface area contributed by atoms with E-state index in [1.54, 1.807) is 0 Å². The summed E-state index contributed by atoms with van der Waals surface area (Å²) in [5.41, 5.74) is 0. The molecule has 0 spiro atoms.